The molecule has 0 fully saturated rings. The third-order valence-corrected chi connectivity index (χ3v) is 2.27. The third-order valence-electron chi connectivity index (χ3n) is 2.27. The molecule has 0 spiro atoms. The molecule has 130 valence electrons. The lowest BCUT2D eigenvalue weighted by molar-refractivity contribution is -0.135. The van der Waals surface area contributed by atoms with Gasteiger partial charge in [-0.15, -0.1) is 0 Å². The fraction of sp³-hybridized carbons (Fsp3) is 0.500. The van der Waals surface area contributed by atoms with Crippen LogP contribution in [0.2, 0.25) is 0 Å². The maximum atomic E-state index is 11.8. The monoisotopic (exact) mass is 334 g/mol. The van der Waals surface area contributed by atoms with Crippen molar-refractivity contribution in [3.8, 4) is 0 Å². The number of rotatable bonds is 8. The number of aliphatic hydroxyl groups is 1. The summed E-state index contributed by atoms with van der Waals surface area (Å²) in [5, 5.41) is 21.0. The molecular weight excluding hydrogens is 316 g/mol. The Labute approximate surface area is 129 Å². The Hall–Kier alpha value is -2.93. The van der Waals surface area contributed by atoms with Gasteiger partial charge in [0.1, 0.15) is 18.6 Å². The molecule has 23 heavy (non-hydrogen) atoms. The van der Waals surface area contributed by atoms with E-state index in [4.69, 9.17) is 21.7 Å². The number of carbonyl (C=O) groups excluding carboxylic acids is 4. The molecule has 0 aliphatic carbocycles. The number of hydrogen-bond acceptors (Lipinski definition) is 7. The van der Waals surface area contributed by atoms with Crippen molar-refractivity contribution in [3.05, 3.63) is 0 Å². The average Bonchev–Trinajstić information content (AvgIpc) is 2.48. The predicted octanol–water partition coefficient (Wildman–Crippen LogP) is -4.92. The zero-order valence-corrected chi connectivity index (χ0v) is 11.9. The van der Waals surface area contributed by atoms with Crippen LogP contribution in [0.3, 0.4) is 0 Å². The highest BCUT2D eigenvalue weighted by atomic mass is 16.4. The van der Waals surface area contributed by atoms with Crippen LogP contribution in [0.15, 0.2) is 0 Å². The van der Waals surface area contributed by atoms with Crippen molar-refractivity contribution >= 4 is 29.7 Å². The van der Waals surface area contributed by atoms with Gasteiger partial charge in [-0.1, -0.05) is 0 Å². The van der Waals surface area contributed by atoms with E-state index in [1.165, 1.54) is 0 Å². The Kier molecular flexibility index (Phi) is 8.65. The number of hydrazine groups is 1. The first-order chi connectivity index (χ1) is 10.7. The van der Waals surface area contributed by atoms with Gasteiger partial charge in [0, 0.05) is 0 Å². The second-order valence-corrected chi connectivity index (χ2v) is 4.21. The van der Waals surface area contributed by atoms with Crippen LogP contribution in [0.1, 0.15) is 6.42 Å². The highest BCUT2D eigenvalue weighted by molar-refractivity contribution is 5.93. The van der Waals surface area contributed by atoms with E-state index in [0.29, 0.717) is 0 Å². The summed E-state index contributed by atoms with van der Waals surface area (Å²) in [6, 6.07) is -3.78. The van der Waals surface area contributed by atoms with Crippen LogP contribution >= 0.6 is 0 Å². The van der Waals surface area contributed by atoms with Crippen molar-refractivity contribution in [2.75, 3.05) is 13.2 Å². The van der Waals surface area contributed by atoms with Gasteiger partial charge in [0.25, 0.3) is 11.8 Å². The minimum absolute atomic E-state index is 0.603. The first kappa shape index (κ1) is 20.1. The largest absolute Gasteiger partial charge is 0.480 e. The normalized spacial score (nSPS) is 12.4. The maximum absolute atomic E-state index is 11.8. The highest BCUT2D eigenvalue weighted by Crippen LogP contribution is 1.92. The Bertz CT molecular complexity index is 482. The van der Waals surface area contributed by atoms with Crippen LogP contribution in [-0.4, -0.2) is 65.2 Å². The van der Waals surface area contributed by atoms with Crippen LogP contribution in [0.25, 0.3) is 0 Å². The van der Waals surface area contributed by atoms with Crippen LogP contribution in [0.5, 0.6) is 0 Å². The Morgan fingerprint density at radius 1 is 1.04 bits per heavy atom. The van der Waals surface area contributed by atoms with Crippen molar-refractivity contribution in [1.82, 2.24) is 21.5 Å². The smallest absolute Gasteiger partial charge is 0.323 e. The van der Waals surface area contributed by atoms with E-state index in [9.17, 15) is 24.0 Å². The molecule has 10 N–H and O–H groups in total. The van der Waals surface area contributed by atoms with Gasteiger partial charge < -0.3 is 32.3 Å². The molecule has 0 aromatic rings. The SMILES string of the molecule is NC(=O)C[C@H](NC(=O)NCC(=O)O)C(=O)NNC(=O)C(N)CO. The van der Waals surface area contributed by atoms with E-state index in [1.807, 2.05) is 21.5 Å². The van der Waals surface area contributed by atoms with Gasteiger partial charge in [-0.25, -0.2) is 4.79 Å². The predicted molar refractivity (Wildman–Crippen MR) is 73.1 cm³/mol. The molecule has 0 aromatic carbocycles. The Balaban J connectivity index is 4.60. The molecule has 0 rings (SSSR count). The first-order valence-electron chi connectivity index (χ1n) is 6.18. The second-order valence-electron chi connectivity index (χ2n) is 4.21. The molecule has 5 amide bonds. The van der Waals surface area contributed by atoms with E-state index in [0.717, 1.165) is 0 Å². The molecule has 0 saturated carbocycles. The summed E-state index contributed by atoms with van der Waals surface area (Å²) in [4.78, 5) is 55.6. The van der Waals surface area contributed by atoms with Crippen LogP contribution in [0, 0.1) is 0 Å². The highest BCUT2D eigenvalue weighted by Gasteiger charge is 2.24. The van der Waals surface area contributed by atoms with Crippen molar-refractivity contribution < 1.29 is 34.2 Å². The topological polar surface area (TPSA) is 226 Å². The molecule has 1 unspecified atom stereocenters. The number of carboxylic acids is 1. The summed E-state index contributed by atoms with van der Waals surface area (Å²) in [6.45, 7) is -1.37. The number of carbonyl (C=O) groups is 5. The molecule has 0 bridgehead atoms. The lowest BCUT2D eigenvalue weighted by Crippen LogP contribution is -2.57. The van der Waals surface area contributed by atoms with E-state index in [2.05, 4.69) is 0 Å². The van der Waals surface area contributed by atoms with Gasteiger partial charge in [0.05, 0.1) is 13.0 Å². The Morgan fingerprint density at radius 2 is 1.61 bits per heavy atom. The molecule has 0 aliphatic heterocycles. The summed E-state index contributed by atoms with van der Waals surface area (Å²) >= 11 is 0. The number of urea groups is 1. The zero-order valence-electron chi connectivity index (χ0n) is 11.9. The number of nitrogens with one attached hydrogen (secondary N) is 4. The second kappa shape index (κ2) is 9.91. The van der Waals surface area contributed by atoms with E-state index < -0.39 is 61.4 Å². The van der Waals surface area contributed by atoms with Gasteiger partial charge in [-0.2, -0.15) is 0 Å². The van der Waals surface area contributed by atoms with Gasteiger partial charge in [-0.05, 0) is 0 Å². The number of nitrogens with two attached hydrogens (primary N) is 2. The van der Waals surface area contributed by atoms with Gasteiger partial charge in [-0.3, -0.25) is 30.0 Å². The van der Waals surface area contributed by atoms with Crippen LogP contribution < -0.4 is 33.0 Å². The number of aliphatic carboxylic acids is 1. The lowest BCUT2D eigenvalue weighted by Gasteiger charge is -2.18. The zero-order chi connectivity index (χ0) is 18.0. The molecule has 0 aromatic heterocycles. The molecule has 2 atom stereocenters. The first-order valence-corrected chi connectivity index (χ1v) is 6.18. The molecule has 0 radical (unpaired) electrons. The lowest BCUT2D eigenvalue weighted by atomic mass is 10.2. The minimum Gasteiger partial charge on any atom is -0.480 e. The number of carboxylic acid groups (broad SMARTS) is 1. The standard InChI is InChI=1S/C10H18N6O7/c11-4(3-17)8(21)15-16-9(22)5(1-6(12)18)14-10(23)13-2-7(19)20/h4-5,17H,1-3,11H2,(H2,12,18)(H,15,21)(H,16,22)(H,19,20)(H2,13,14,23)/t4?,5-/m0/s1. The van der Waals surface area contributed by atoms with E-state index in [1.54, 1.807) is 0 Å². The van der Waals surface area contributed by atoms with Gasteiger partial charge in [0.15, 0.2) is 0 Å². The van der Waals surface area contributed by atoms with Crippen molar-refractivity contribution in [2.24, 2.45) is 11.5 Å². The number of hydrogen-bond donors (Lipinski definition) is 8. The van der Waals surface area contributed by atoms with E-state index in [-0.39, 0.29) is 0 Å². The molecule has 0 aliphatic rings. The summed E-state index contributed by atoms with van der Waals surface area (Å²) in [6.07, 6.45) is -0.603. The maximum Gasteiger partial charge on any atom is 0.323 e. The molecule has 13 nitrogen and oxygen atoms in total. The van der Waals surface area contributed by atoms with Crippen molar-refractivity contribution in [1.29, 1.82) is 0 Å². The quantitative estimate of drug-likeness (QED) is 0.200. The summed E-state index contributed by atoms with van der Waals surface area (Å²) in [5.74, 6) is -4.16. The molecule has 13 heteroatoms. The number of primary amides is 1. The van der Waals surface area contributed by atoms with Gasteiger partial charge in [0.2, 0.25) is 5.91 Å². The fourth-order valence-corrected chi connectivity index (χ4v) is 1.16. The average molecular weight is 334 g/mol. The molecular formula is C10H18N6O7. The third kappa shape index (κ3) is 8.84. The summed E-state index contributed by atoms with van der Waals surface area (Å²) < 4.78 is 0. The molecule has 0 heterocycles. The van der Waals surface area contributed by atoms with Crippen LogP contribution in [-0.2, 0) is 19.2 Å². The van der Waals surface area contributed by atoms with Crippen molar-refractivity contribution in [3.63, 3.8) is 0 Å². The van der Waals surface area contributed by atoms with Crippen molar-refractivity contribution in [2.45, 2.75) is 18.5 Å². The summed E-state index contributed by atoms with van der Waals surface area (Å²) in [7, 11) is 0. The minimum atomic E-state index is -1.47. The Morgan fingerprint density at radius 3 is 2.09 bits per heavy atom. The summed E-state index contributed by atoms with van der Waals surface area (Å²) in [5.41, 5.74) is 13.9. The van der Waals surface area contributed by atoms with Gasteiger partial charge >= 0.3 is 12.0 Å². The molecule has 0 saturated heterocycles. The van der Waals surface area contributed by atoms with Crippen LogP contribution in [0.4, 0.5) is 4.79 Å². The van der Waals surface area contributed by atoms with E-state index >= 15 is 0 Å². The number of aliphatic hydroxyl groups excluding tert-OH is 1. The fourth-order valence-electron chi connectivity index (χ4n) is 1.16. The number of amides is 5.